The molecule has 1 heterocycles. The molecule has 7 heavy (non-hydrogen) atoms. The van der Waals surface area contributed by atoms with Crippen LogP contribution in [0.15, 0.2) is 23.9 Å². The summed E-state index contributed by atoms with van der Waals surface area (Å²) in [5.74, 6) is 0.985. The number of hydrogen-bond donors (Lipinski definition) is 1. The van der Waals surface area contributed by atoms with Gasteiger partial charge in [0.2, 0.25) is 0 Å². The lowest BCUT2D eigenvalue weighted by molar-refractivity contribution is 1.10. The average Bonchev–Trinajstić information content (AvgIpc) is 1.87. The van der Waals surface area contributed by atoms with Crippen LogP contribution in [0, 0.1) is 0 Å². The molecule has 0 unspecified atom stereocenters. The highest BCUT2D eigenvalue weighted by Crippen LogP contribution is 2.20. The van der Waals surface area contributed by atoms with Crippen LogP contribution in [0.25, 0.3) is 0 Å². The molecule has 1 fully saturated rings. The van der Waals surface area contributed by atoms with Gasteiger partial charge in [0.05, 0.1) is 5.03 Å². The number of thioether (sulfide) groups is 1. The molecule has 0 aromatic rings. The molecule has 0 amide bonds. The summed E-state index contributed by atoms with van der Waals surface area (Å²) in [4.78, 5) is 0. The summed E-state index contributed by atoms with van der Waals surface area (Å²) in [7, 11) is 0. The molecule has 0 aromatic heterocycles. The van der Waals surface area contributed by atoms with Crippen molar-refractivity contribution in [3.05, 3.63) is 23.9 Å². The van der Waals surface area contributed by atoms with E-state index in [9.17, 15) is 0 Å². The fourth-order valence-electron chi connectivity index (χ4n) is 0.444. The Balaban J connectivity index is 2.55. The van der Waals surface area contributed by atoms with E-state index < -0.39 is 0 Å². The topological polar surface area (TPSA) is 12.0 Å². The molecule has 0 atom stereocenters. The monoisotopic (exact) mass is 113 g/mol. The highest BCUT2D eigenvalue weighted by atomic mass is 32.2. The quantitative estimate of drug-likeness (QED) is 0.508. The molecule has 2 heteroatoms. The Bertz CT molecular complexity index is 103. The van der Waals surface area contributed by atoms with Crippen molar-refractivity contribution in [2.45, 2.75) is 0 Å². The molecule has 0 radical (unpaired) electrons. The first kappa shape index (κ1) is 4.78. The molecule has 0 spiro atoms. The third-order valence-corrected chi connectivity index (χ3v) is 1.68. The molecule has 0 aliphatic carbocycles. The summed E-state index contributed by atoms with van der Waals surface area (Å²) in [6.07, 6.45) is 0. The van der Waals surface area contributed by atoms with E-state index in [1.54, 1.807) is 11.8 Å². The molecule has 1 saturated heterocycles. The molecular formula is C5H7NS. The zero-order chi connectivity index (χ0) is 5.28. The Morgan fingerprint density at radius 2 is 2.29 bits per heavy atom. The van der Waals surface area contributed by atoms with Gasteiger partial charge < -0.3 is 5.32 Å². The number of nitrogens with one attached hydrogen (secondary N) is 1. The van der Waals surface area contributed by atoms with Gasteiger partial charge in [0.1, 0.15) is 0 Å². The minimum atomic E-state index is 0.985. The van der Waals surface area contributed by atoms with Crippen LogP contribution in [0.1, 0.15) is 0 Å². The van der Waals surface area contributed by atoms with Crippen molar-refractivity contribution in [3.8, 4) is 0 Å². The first-order valence-corrected chi connectivity index (χ1v) is 3.04. The van der Waals surface area contributed by atoms with Crippen molar-refractivity contribution in [2.24, 2.45) is 0 Å². The molecule has 38 valence electrons. The van der Waals surface area contributed by atoms with Crippen LogP contribution in [0.2, 0.25) is 0 Å². The van der Waals surface area contributed by atoms with Crippen molar-refractivity contribution in [1.29, 1.82) is 0 Å². The van der Waals surface area contributed by atoms with Crippen molar-refractivity contribution in [1.82, 2.24) is 5.32 Å². The lowest BCUT2D eigenvalue weighted by Gasteiger charge is -1.89. The Morgan fingerprint density at radius 1 is 1.57 bits per heavy atom. The van der Waals surface area contributed by atoms with Crippen LogP contribution in [-0.2, 0) is 0 Å². The van der Waals surface area contributed by atoms with Crippen molar-refractivity contribution in [3.63, 3.8) is 0 Å². The predicted octanol–water partition coefficient (Wildman–Crippen LogP) is 1.31. The second kappa shape index (κ2) is 1.62. The Kier molecular flexibility index (Phi) is 1.11. The van der Waals surface area contributed by atoms with Crippen LogP contribution < -0.4 is 5.32 Å². The second-order valence-electron chi connectivity index (χ2n) is 1.44. The molecule has 0 bridgehead atoms. The number of rotatable bonds is 0. The lowest BCUT2D eigenvalue weighted by atomic mass is 10.6. The van der Waals surface area contributed by atoms with E-state index in [4.69, 9.17) is 0 Å². The minimum Gasteiger partial charge on any atom is -0.354 e. The maximum absolute atomic E-state index is 3.71. The van der Waals surface area contributed by atoms with E-state index in [-0.39, 0.29) is 0 Å². The highest BCUT2D eigenvalue weighted by Gasteiger charge is 2.05. The fraction of sp³-hybridized carbons (Fsp3) is 0.200. The normalized spacial score (nSPS) is 20.0. The van der Waals surface area contributed by atoms with Gasteiger partial charge in [-0.15, -0.1) is 11.8 Å². The van der Waals surface area contributed by atoms with E-state index in [1.165, 1.54) is 0 Å². The number of hydrogen-bond acceptors (Lipinski definition) is 2. The van der Waals surface area contributed by atoms with Gasteiger partial charge in [0, 0.05) is 11.4 Å². The molecule has 1 nitrogen and oxygen atoms in total. The van der Waals surface area contributed by atoms with Crippen molar-refractivity contribution < 1.29 is 0 Å². The first-order chi connectivity index (χ1) is 3.29. The molecule has 0 aromatic carbocycles. The summed E-state index contributed by atoms with van der Waals surface area (Å²) in [5.41, 5.74) is 1.06. The Morgan fingerprint density at radius 3 is 2.43 bits per heavy atom. The van der Waals surface area contributed by atoms with Crippen LogP contribution >= 0.6 is 11.8 Å². The maximum Gasteiger partial charge on any atom is 0.0653 e. The summed E-state index contributed by atoms with van der Waals surface area (Å²) in [6, 6.07) is 0. The third kappa shape index (κ3) is 0.996. The van der Waals surface area contributed by atoms with Crippen LogP contribution in [-0.4, -0.2) is 5.75 Å². The predicted molar refractivity (Wildman–Crippen MR) is 33.9 cm³/mol. The van der Waals surface area contributed by atoms with Crippen molar-refractivity contribution >= 4 is 11.8 Å². The van der Waals surface area contributed by atoms with Gasteiger partial charge in [0.25, 0.3) is 0 Å². The van der Waals surface area contributed by atoms with Gasteiger partial charge in [0.15, 0.2) is 0 Å². The first-order valence-electron chi connectivity index (χ1n) is 2.05. The van der Waals surface area contributed by atoms with Crippen LogP contribution in [0.3, 0.4) is 0 Å². The lowest BCUT2D eigenvalue weighted by Crippen LogP contribution is -1.98. The minimum absolute atomic E-state index is 0.985. The second-order valence-corrected chi connectivity index (χ2v) is 2.51. The summed E-state index contributed by atoms with van der Waals surface area (Å²) in [6.45, 7) is 7.41. The summed E-state index contributed by atoms with van der Waals surface area (Å²) in [5, 5.41) is 4.01. The van der Waals surface area contributed by atoms with Gasteiger partial charge in [-0.3, -0.25) is 0 Å². The van der Waals surface area contributed by atoms with Crippen molar-refractivity contribution in [2.75, 3.05) is 5.75 Å². The van der Waals surface area contributed by atoms with E-state index in [2.05, 4.69) is 18.5 Å². The third-order valence-electron chi connectivity index (χ3n) is 0.737. The zero-order valence-electron chi connectivity index (χ0n) is 4.03. The maximum atomic E-state index is 3.71. The molecule has 1 N–H and O–H groups in total. The van der Waals surface area contributed by atoms with Gasteiger partial charge in [-0.25, -0.2) is 0 Å². The zero-order valence-corrected chi connectivity index (χ0v) is 4.85. The van der Waals surface area contributed by atoms with E-state index >= 15 is 0 Å². The molecular weight excluding hydrogens is 106 g/mol. The molecule has 0 saturated carbocycles. The van der Waals surface area contributed by atoms with Gasteiger partial charge >= 0.3 is 0 Å². The van der Waals surface area contributed by atoms with E-state index in [0.29, 0.717) is 0 Å². The van der Waals surface area contributed by atoms with Gasteiger partial charge in [-0.2, -0.15) is 0 Å². The molecule has 1 rings (SSSR count). The van der Waals surface area contributed by atoms with E-state index in [0.717, 1.165) is 16.5 Å². The van der Waals surface area contributed by atoms with Crippen LogP contribution in [0.4, 0.5) is 0 Å². The largest absolute Gasteiger partial charge is 0.354 e. The van der Waals surface area contributed by atoms with Gasteiger partial charge in [-0.1, -0.05) is 13.2 Å². The smallest absolute Gasteiger partial charge is 0.0653 e. The Hall–Kier alpha value is -0.370. The molecule has 1 aliphatic rings. The molecule has 1 aliphatic heterocycles. The van der Waals surface area contributed by atoms with Crippen LogP contribution in [0.5, 0.6) is 0 Å². The standard InChI is InChI=1S/C5H7NS/c1-4-3-7-5(2)6-4/h6H,1-3H2. The summed E-state index contributed by atoms with van der Waals surface area (Å²) >= 11 is 1.70. The average molecular weight is 113 g/mol. The highest BCUT2D eigenvalue weighted by molar-refractivity contribution is 8.03. The fourth-order valence-corrected chi connectivity index (χ4v) is 1.08. The van der Waals surface area contributed by atoms with Gasteiger partial charge in [-0.05, 0) is 0 Å². The van der Waals surface area contributed by atoms with E-state index in [1.807, 2.05) is 0 Å². The Labute approximate surface area is 47.5 Å². The summed E-state index contributed by atoms with van der Waals surface area (Å²) < 4.78 is 0. The SMILES string of the molecule is C=C1CSC(=C)N1.